The predicted octanol–water partition coefficient (Wildman–Crippen LogP) is 1.49. The van der Waals surface area contributed by atoms with Gasteiger partial charge in [0.2, 0.25) is 11.8 Å². The summed E-state index contributed by atoms with van der Waals surface area (Å²) in [6.07, 6.45) is 7.73. The molecule has 0 aliphatic heterocycles. The van der Waals surface area contributed by atoms with Gasteiger partial charge >= 0.3 is 0 Å². The van der Waals surface area contributed by atoms with Crippen molar-refractivity contribution in [2.75, 3.05) is 6.54 Å². The molecule has 1 fully saturated rings. The average molecular weight is 275 g/mol. The van der Waals surface area contributed by atoms with E-state index in [2.05, 4.69) is 10.3 Å². The Morgan fingerprint density at radius 1 is 1.40 bits per heavy atom. The normalized spacial score (nSPS) is 15.1. The van der Waals surface area contributed by atoms with Crippen molar-refractivity contribution in [3.05, 3.63) is 30.1 Å². The summed E-state index contributed by atoms with van der Waals surface area (Å²) in [5.74, 6) is -0.135. The van der Waals surface area contributed by atoms with Crippen LogP contribution in [0.4, 0.5) is 0 Å². The highest BCUT2D eigenvalue weighted by atomic mass is 16.2. The van der Waals surface area contributed by atoms with Gasteiger partial charge in [-0.15, -0.1) is 0 Å². The highest BCUT2D eigenvalue weighted by Gasteiger charge is 2.26. The lowest BCUT2D eigenvalue weighted by atomic mass is 10.2. The topological polar surface area (TPSA) is 62.3 Å². The molecule has 0 aromatic carbocycles. The van der Waals surface area contributed by atoms with E-state index in [0.717, 1.165) is 31.2 Å². The number of nitrogens with one attached hydrogen (secondary N) is 1. The van der Waals surface area contributed by atoms with E-state index in [1.807, 2.05) is 12.1 Å². The van der Waals surface area contributed by atoms with Gasteiger partial charge in [0.15, 0.2) is 0 Å². The van der Waals surface area contributed by atoms with E-state index in [-0.39, 0.29) is 24.4 Å². The Kier molecular flexibility index (Phi) is 5.09. The first-order valence-electron chi connectivity index (χ1n) is 7.09. The molecule has 5 heteroatoms. The molecular weight excluding hydrogens is 254 g/mol. The zero-order valence-electron chi connectivity index (χ0n) is 11.8. The van der Waals surface area contributed by atoms with Gasteiger partial charge in [0.1, 0.15) is 0 Å². The van der Waals surface area contributed by atoms with E-state index >= 15 is 0 Å². The van der Waals surface area contributed by atoms with Crippen molar-refractivity contribution >= 4 is 11.8 Å². The van der Waals surface area contributed by atoms with Crippen molar-refractivity contribution in [2.24, 2.45) is 0 Å². The summed E-state index contributed by atoms with van der Waals surface area (Å²) in [6, 6.07) is 3.98. The third kappa shape index (κ3) is 4.05. The molecule has 0 unspecified atom stereocenters. The predicted molar refractivity (Wildman–Crippen MR) is 75.7 cm³/mol. The molecule has 1 N–H and O–H groups in total. The van der Waals surface area contributed by atoms with Gasteiger partial charge in [-0.2, -0.15) is 0 Å². The van der Waals surface area contributed by atoms with E-state index in [1.54, 1.807) is 17.3 Å². The molecule has 0 atom stereocenters. The molecule has 20 heavy (non-hydrogen) atoms. The van der Waals surface area contributed by atoms with Crippen molar-refractivity contribution in [3.8, 4) is 0 Å². The highest BCUT2D eigenvalue weighted by molar-refractivity contribution is 5.84. The summed E-state index contributed by atoms with van der Waals surface area (Å²) in [6.45, 7) is 2.13. The van der Waals surface area contributed by atoms with Crippen LogP contribution in [0.1, 0.15) is 38.2 Å². The molecule has 0 bridgehead atoms. The Morgan fingerprint density at radius 2 is 2.15 bits per heavy atom. The van der Waals surface area contributed by atoms with Gasteiger partial charge in [0, 0.05) is 31.9 Å². The van der Waals surface area contributed by atoms with Crippen LogP contribution in [0.2, 0.25) is 0 Å². The first-order valence-corrected chi connectivity index (χ1v) is 7.09. The molecule has 2 rings (SSSR count). The zero-order chi connectivity index (χ0) is 14.4. The number of carbonyl (C=O) groups excluding carboxylic acids is 2. The molecule has 1 aromatic heterocycles. The summed E-state index contributed by atoms with van der Waals surface area (Å²) >= 11 is 0. The second kappa shape index (κ2) is 7.03. The second-order valence-corrected chi connectivity index (χ2v) is 5.22. The third-order valence-electron chi connectivity index (χ3n) is 3.70. The van der Waals surface area contributed by atoms with Gasteiger partial charge in [-0.05, 0) is 24.5 Å². The van der Waals surface area contributed by atoms with Crippen molar-refractivity contribution < 1.29 is 9.59 Å². The Balaban J connectivity index is 1.84. The van der Waals surface area contributed by atoms with Crippen LogP contribution >= 0.6 is 0 Å². The minimum atomic E-state index is -0.115. The molecule has 108 valence electrons. The SMILES string of the molecule is CC(=O)N(CC(=O)NCc1cccnc1)C1CCCC1. The number of aromatic nitrogens is 1. The summed E-state index contributed by atoms with van der Waals surface area (Å²) in [5, 5.41) is 2.83. The van der Waals surface area contributed by atoms with Crippen LogP contribution in [0, 0.1) is 0 Å². The number of pyridine rings is 1. The molecule has 2 amide bonds. The summed E-state index contributed by atoms with van der Waals surface area (Å²) in [4.78, 5) is 29.3. The zero-order valence-corrected chi connectivity index (χ0v) is 11.8. The second-order valence-electron chi connectivity index (χ2n) is 5.22. The lowest BCUT2D eigenvalue weighted by Gasteiger charge is -2.27. The first kappa shape index (κ1) is 14.5. The molecule has 0 spiro atoms. The molecule has 5 nitrogen and oxygen atoms in total. The van der Waals surface area contributed by atoms with Crippen LogP contribution in [0.15, 0.2) is 24.5 Å². The summed E-state index contributed by atoms with van der Waals surface area (Å²) < 4.78 is 0. The van der Waals surface area contributed by atoms with Crippen LogP contribution in [-0.4, -0.2) is 34.3 Å². The van der Waals surface area contributed by atoms with E-state index in [4.69, 9.17) is 0 Å². The molecule has 0 radical (unpaired) electrons. The van der Waals surface area contributed by atoms with Crippen molar-refractivity contribution in [3.63, 3.8) is 0 Å². The van der Waals surface area contributed by atoms with Gasteiger partial charge in [0.05, 0.1) is 6.54 Å². The van der Waals surface area contributed by atoms with Gasteiger partial charge in [-0.25, -0.2) is 0 Å². The Bertz CT molecular complexity index is 455. The van der Waals surface area contributed by atoms with E-state index in [1.165, 1.54) is 6.92 Å². The molecule has 1 saturated carbocycles. The van der Waals surface area contributed by atoms with Crippen molar-refractivity contribution in [2.45, 2.75) is 45.2 Å². The molecule has 0 saturated heterocycles. The molecule has 1 heterocycles. The number of hydrogen-bond donors (Lipinski definition) is 1. The lowest BCUT2D eigenvalue weighted by Crippen LogP contribution is -2.44. The molecule has 1 aromatic rings. The summed E-state index contributed by atoms with van der Waals surface area (Å²) in [5.41, 5.74) is 0.955. The van der Waals surface area contributed by atoms with Crippen LogP contribution in [0.25, 0.3) is 0 Å². The fourth-order valence-corrected chi connectivity index (χ4v) is 2.63. The highest BCUT2D eigenvalue weighted by Crippen LogP contribution is 2.23. The maximum absolute atomic E-state index is 12.0. The van der Waals surface area contributed by atoms with Gasteiger partial charge < -0.3 is 10.2 Å². The molecular formula is C15H21N3O2. The fraction of sp³-hybridized carbons (Fsp3) is 0.533. The van der Waals surface area contributed by atoms with Gasteiger partial charge in [0.25, 0.3) is 0 Å². The molecule has 1 aliphatic rings. The Morgan fingerprint density at radius 3 is 2.75 bits per heavy atom. The van der Waals surface area contributed by atoms with Gasteiger partial charge in [-0.3, -0.25) is 14.6 Å². The summed E-state index contributed by atoms with van der Waals surface area (Å²) in [7, 11) is 0. The Labute approximate surface area is 119 Å². The van der Waals surface area contributed by atoms with Crippen molar-refractivity contribution in [1.82, 2.24) is 15.2 Å². The number of rotatable bonds is 5. The smallest absolute Gasteiger partial charge is 0.239 e. The number of carbonyl (C=O) groups is 2. The standard InChI is InChI=1S/C15H21N3O2/c1-12(19)18(14-6-2-3-7-14)11-15(20)17-10-13-5-4-8-16-9-13/h4-5,8-9,14H,2-3,6-7,10-11H2,1H3,(H,17,20). The van der Waals surface area contributed by atoms with Crippen molar-refractivity contribution in [1.29, 1.82) is 0 Å². The fourth-order valence-electron chi connectivity index (χ4n) is 2.63. The average Bonchev–Trinajstić information content (AvgIpc) is 2.97. The Hall–Kier alpha value is -1.91. The van der Waals surface area contributed by atoms with Gasteiger partial charge in [-0.1, -0.05) is 18.9 Å². The van der Waals surface area contributed by atoms with Crippen LogP contribution in [0.5, 0.6) is 0 Å². The number of amides is 2. The molecule has 1 aliphatic carbocycles. The van der Waals surface area contributed by atoms with Crippen LogP contribution in [0.3, 0.4) is 0 Å². The monoisotopic (exact) mass is 275 g/mol. The largest absolute Gasteiger partial charge is 0.350 e. The number of nitrogens with zero attached hydrogens (tertiary/aromatic N) is 2. The van der Waals surface area contributed by atoms with Crippen LogP contribution in [-0.2, 0) is 16.1 Å². The van der Waals surface area contributed by atoms with E-state index in [0.29, 0.717) is 6.54 Å². The number of hydrogen-bond acceptors (Lipinski definition) is 3. The first-order chi connectivity index (χ1) is 9.66. The minimum Gasteiger partial charge on any atom is -0.350 e. The van der Waals surface area contributed by atoms with Crippen LogP contribution < -0.4 is 5.32 Å². The van der Waals surface area contributed by atoms with E-state index < -0.39 is 0 Å². The maximum atomic E-state index is 12.0. The van der Waals surface area contributed by atoms with E-state index in [9.17, 15) is 9.59 Å². The third-order valence-corrected chi connectivity index (χ3v) is 3.70. The minimum absolute atomic E-state index is 0.0200. The lowest BCUT2D eigenvalue weighted by molar-refractivity contribution is -0.136. The quantitative estimate of drug-likeness (QED) is 0.885. The maximum Gasteiger partial charge on any atom is 0.239 e.